The minimum atomic E-state index is -0.900. The number of tetrazole rings is 1. The van der Waals surface area contributed by atoms with Crippen LogP contribution in [-0.4, -0.2) is 50.3 Å². The Bertz CT molecular complexity index is 960. The van der Waals surface area contributed by atoms with Crippen molar-refractivity contribution in [3.63, 3.8) is 0 Å². The number of ether oxygens (including phenoxy) is 1. The molecule has 1 heterocycles. The van der Waals surface area contributed by atoms with Gasteiger partial charge < -0.3 is 15.2 Å². The summed E-state index contributed by atoms with van der Waals surface area (Å²) in [6, 6.07) is 14.2. The maximum Gasteiger partial charge on any atom is 0.303 e. The number of nitrogens with one attached hydrogen (secondary N) is 1. The van der Waals surface area contributed by atoms with Crippen molar-refractivity contribution in [2.45, 2.75) is 25.3 Å². The molecule has 0 fully saturated rings. The number of carboxylic acids is 1. The predicted molar refractivity (Wildman–Crippen MR) is 104 cm³/mol. The van der Waals surface area contributed by atoms with Gasteiger partial charge in [0.1, 0.15) is 17.8 Å². The van der Waals surface area contributed by atoms with Crippen LogP contribution in [0.25, 0.3) is 5.69 Å². The van der Waals surface area contributed by atoms with Crippen LogP contribution in [0.2, 0.25) is 0 Å². The summed E-state index contributed by atoms with van der Waals surface area (Å²) in [5.41, 5.74) is 1.94. The van der Waals surface area contributed by atoms with Gasteiger partial charge in [-0.15, -0.1) is 5.10 Å². The molecule has 9 nitrogen and oxygen atoms in total. The van der Waals surface area contributed by atoms with Crippen molar-refractivity contribution in [3.8, 4) is 11.4 Å². The lowest BCUT2D eigenvalue weighted by Crippen LogP contribution is -2.37. The van der Waals surface area contributed by atoms with E-state index >= 15 is 0 Å². The summed E-state index contributed by atoms with van der Waals surface area (Å²) in [4.78, 5) is 23.9. The van der Waals surface area contributed by atoms with Gasteiger partial charge in [-0.2, -0.15) is 4.68 Å². The number of amides is 1. The van der Waals surface area contributed by atoms with E-state index < -0.39 is 5.97 Å². The number of hydrogen-bond acceptors (Lipinski definition) is 6. The molecule has 9 heteroatoms. The molecule has 0 saturated carbocycles. The van der Waals surface area contributed by atoms with Crippen molar-refractivity contribution in [2.75, 3.05) is 7.11 Å². The molecule has 3 aromatic rings. The summed E-state index contributed by atoms with van der Waals surface area (Å²) in [5, 5.41) is 23.0. The Labute approximate surface area is 167 Å². The fourth-order valence-corrected chi connectivity index (χ4v) is 2.97. The molecule has 0 radical (unpaired) electrons. The van der Waals surface area contributed by atoms with Crippen molar-refractivity contribution in [3.05, 3.63) is 66.0 Å². The minimum absolute atomic E-state index is 0.0315. The van der Waals surface area contributed by atoms with Crippen molar-refractivity contribution in [1.82, 2.24) is 25.5 Å². The number of nitrogens with zero attached hydrogens (tertiary/aromatic N) is 4. The zero-order valence-electron chi connectivity index (χ0n) is 15.9. The van der Waals surface area contributed by atoms with E-state index in [9.17, 15) is 9.59 Å². The molecule has 0 spiro atoms. The van der Waals surface area contributed by atoms with Gasteiger partial charge in [0.15, 0.2) is 0 Å². The lowest BCUT2D eigenvalue weighted by molar-refractivity contribution is -0.137. The molecule has 3 rings (SSSR count). The first kappa shape index (κ1) is 20.0. The van der Waals surface area contributed by atoms with Gasteiger partial charge in [-0.25, -0.2) is 0 Å². The van der Waals surface area contributed by atoms with Crippen LogP contribution in [0.4, 0.5) is 0 Å². The van der Waals surface area contributed by atoms with Crippen molar-refractivity contribution in [1.29, 1.82) is 0 Å². The Morgan fingerprint density at radius 3 is 2.66 bits per heavy atom. The molecule has 0 aliphatic heterocycles. The zero-order valence-corrected chi connectivity index (χ0v) is 15.9. The Hall–Kier alpha value is -3.75. The molecule has 0 saturated heterocycles. The molecule has 0 bridgehead atoms. The average molecular weight is 395 g/mol. The second-order valence-corrected chi connectivity index (χ2v) is 6.43. The van der Waals surface area contributed by atoms with Gasteiger partial charge >= 0.3 is 5.97 Å². The van der Waals surface area contributed by atoms with Crippen molar-refractivity contribution >= 4 is 11.9 Å². The number of carbonyl (C=O) groups is 2. The van der Waals surface area contributed by atoms with E-state index in [1.807, 2.05) is 30.3 Å². The number of methoxy groups -OCH3 is 1. The Morgan fingerprint density at radius 2 is 2.00 bits per heavy atom. The van der Waals surface area contributed by atoms with E-state index in [2.05, 4.69) is 20.8 Å². The molecule has 1 unspecified atom stereocenters. The third-order valence-corrected chi connectivity index (χ3v) is 4.40. The van der Waals surface area contributed by atoms with Gasteiger partial charge in [-0.1, -0.05) is 30.3 Å². The van der Waals surface area contributed by atoms with Crippen LogP contribution in [0.5, 0.6) is 5.75 Å². The standard InChI is InChI=1S/C20H21N5O4/c1-29-18-9-7-15(12-17(18)25-13-21-23-24-25)20(28)22-16(8-10-19(26)27)11-14-5-3-2-4-6-14/h2-7,9,12-13,16H,8,10-11H2,1H3,(H,22,28)(H,26,27). The van der Waals surface area contributed by atoms with E-state index in [-0.39, 0.29) is 18.4 Å². The molecule has 0 aliphatic carbocycles. The maximum absolute atomic E-state index is 12.9. The monoisotopic (exact) mass is 395 g/mol. The number of aliphatic carboxylic acids is 1. The average Bonchev–Trinajstić information content (AvgIpc) is 3.27. The summed E-state index contributed by atoms with van der Waals surface area (Å²) in [6.45, 7) is 0. The van der Waals surface area contributed by atoms with Crippen LogP contribution < -0.4 is 10.1 Å². The second kappa shape index (κ2) is 9.45. The molecule has 150 valence electrons. The van der Waals surface area contributed by atoms with Gasteiger partial charge in [0.05, 0.1) is 7.11 Å². The third kappa shape index (κ3) is 5.38. The third-order valence-electron chi connectivity index (χ3n) is 4.40. The molecular formula is C20H21N5O4. The number of carbonyl (C=O) groups excluding carboxylic acids is 1. The topological polar surface area (TPSA) is 119 Å². The lowest BCUT2D eigenvalue weighted by atomic mass is 10.0. The first-order chi connectivity index (χ1) is 14.1. The molecule has 2 aromatic carbocycles. The minimum Gasteiger partial charge on any atom is -0.494 e. The van der Waals surface area contributed by atoms with Crippen LogP contribution in [0.3, 0.4) is 0 Å². The highest BCUT2D eigenvalue weighted by atomic mass is 16.5. The number of carboxylic acid groups (broad SMARTS) is 1. The molecule has 1 aromatic heterocycles. The Balaban J connectivity index is 1.79. The van der Waals surface area contributed by atoms with E-state index in [0.717, 1.165) is 5.56 Å². The molecular weight excluding hydrogens is 374 g/mol. The summed E-state index contributed by atoms with van der Waals surface area (Å²) < 4.78 is 6.72. The number of rotatable bonds is 9. The number of benzene rings is 2. The van der Waals surface area contributed by atoms with E-state index in [1.165, 1.54) is 18.1 Å². The number of hydrogen-bond donors (Lipinski definition) is 2. The van der Waals surface area contributed by atoms with E-state index in [4.69, 9.17) is 9.84 Å². The second-order valence-electron chi connectivity index (χ2n) is 6.43. The maximum atomic E-state index is 12.9. The van der Waals surface area contributed by atoms with Crippen LogP contribution >= 0.6 is 0 Å². The van der Waals surface area contributed by atoms with Gasteiger partial charge in [-0.3, -0.25) is 9.59 Å². The highest BCUT2D eigenvalue weighted by Gasteiger charge is 2.18. The normalized spacial score (nSPS) is 11.6. The summed E-state index contributed by atoms with van der Waals surface area (Å²) in [6.07, 6.45) is 2.24. The zero-order chi connectivity index (χ0) is 20.6. The van der Waals surface area contributed by atoms with Crippen LogP contribution in [-0.2, 0) is 11.2 Å². The SMILES string of the molecule is COc1ccc(C(=O)NC(CCC(=O)O)Cc2ccccc2)cc1-n1cnnn1. The van der Waals surface area contributed by atoms with Gasteiger partial charge in [0.2, 0.25) is 0 Å². The van der Waals surface area contributed by atoms with Crippen LogP contribution in [0.1, 0.15) is 28.8 Å². The van der Waals surface area contributed by atoms with E-state index in [0.29, 0.717) is 29.8 Å². The van der Waals surface area contributed by atoms with Gasteiger partial charge in [-0.05, 0) is 47.0 Å². The smallest absolute Gasteiger partial charge is 0.303 e. The Kier molecular flexibility index (Phi) is 6.51. The number of aromatic nitrogens is 4. The molecule has 1 atom stereocenters. The predicted octanol–water partition coefficient (Wildman–Crippen LogP) is 1.88. The highest BCUT2D eigenvalue weighted by molar-refractivity contribution is 5.95. The largest absolute Gasteiger partial charge is 0.494 e. The first-order valence-corrected chi connectivity index (χ1v) is 9.05. The fourth-order valence-electron chi connectivity index (χ4n) is 2.97. The van der Waals surface area contributed by atoms with Crippen LogP contribution in [0, 0.1) is 0 Å². The first-order valence-electron chi connectivity index (χ1n) is 9.05. The molecule has 1 amide bonds. The lowest BCUT2D eigenvalue weighted by Gasteiger charge is -2.19. The highest BCUT2D eigenvalue weighted by Crippen LogP contribution is 2.23. The van der Waals surface area contributed by atoms with Crippen LogP contribution in [0.15, 0.2) is 54.9 Å². The molecule has 29 heavy (non-hydrogen) atoms. The molecule has 0 aliphatic rings. The summed E-state index contributed by atoms with van der Waals surface area (Å²) in [7, 11) is 1.52. The Morgan fingerprint density at radius 1 is 1.21 bits per heavy atom. The quantitative estimate of drug-likeness (QED) is 0.568. The fraction of sp³-hybridized carbons (Fsp3) is 0.250. The van der Waals surface area contributed by atoms with Gasteiger partial charge in [0.25, 0.3) is 5.91 Å². The summed E-state index contributed by atoms with van der Waals surface area (Å²) in [5.74, 6) is -0.698. The van der Waals surface area contributed by atoms with Crippen molar-refractivity contribution in [2.24, 2.45) is 0 Å². The summed E-state index contributed by atoms with van der Waals surface area (Å²) >= 11 is 0. The van der Waals surface area contributed by atoms with E-state index in [1.54, 1.807) is 18.2 Å². The van der Waals surface area contributed by atoms with Crippen molar-refractivity contribution < 1.29 is 19.4 Å². The van der Waals surface area contributed by atoms with Gasteiger partial charge in [0, 0.05) is 18.0 Å². The molecule has 2 N–H and O–H groups in total.